The molecule has 0 unspecified atom stereocenters. The van der Waals surface area contributed by atoms with Gasteiger partial charge in [-0.3, -0.25) is 4.72 Å². The molecule has 0 saturated heterocycles. The number of sulfonamides is 1. The van der Waals surface area contributed by atoms with Crippen LogP contribution in [0.5, 0.6) is 0 Å². The zero-order valence-corrected chi connectivity index (χ0v) is 19.3. The van der Waals surface area contributed by atoms with Gasteiger partial charge in [-0.05, 0) is 78.9 Å². The van der Waals surface area contributed by atoms with Gasteiger partial charge in [-0.15, -0.1) is 0 Å². The van der Waals surface area contributed by atoms with E-state index in [9.17, 15) is 8.42 Å². The van der Waals surface area contributed by atoms with Crippen LogP contribution in [0, 0.1) is 0 Å². The molecule has 3 rings (SSSR count). The van der Waals surface area contributed by atoms with Gasteiger partial charge in [0.05, 0.1) is 10.6 Å². The van der Waals surface area contributed by atoms with E-state index in [0.717, 1.165) is 10.2 Å². The van der Waals surface area contributed by atoms with E-state index in [1.165, 1.54) is 30.3 Å². The van der Waals surface area contributed by atoms with Crippen molar-refractivity contribution in [3.63, 3.8) is 0 Å². The number of benzene rings is 3. The lowest BCUT2D eigenvalue weighted by atomic mass is 10.3. The van der Waals surface area contributed by atoms with Crippen LogP contribution in [0.2, 0.25) is 10.0 Å². The van der Waals surface area contributed by atoms with Crippen LogP contribution in [0.3, 0.4) is 0 Å². The van der Waals surface area contributed by atoms with Crippen molar-refractivity contribution in [1.82, 2.24) is 0 Å². The molecule has 3 aromatic carbocycles. The lowest BCUT2D eigenvalue weighted by Gasteiger charge is -2.12. The van der Waals surface area contributed by atoms with Gasteiger partial charge in [-0.2, -0.15) is 0 Å². The highest BCUT2D eigenvalue weighted by Gasteiger charge is 2.15. The minimum absolute atomic E-state index is 0.0888. The first-order chi connectivity index (χ1) is 13.7. The second-order valence-electron chi connectivity index (χ2n) is 5.87. The SMILES string of the molecule is O=S(=O)(Nc1cc(Cl)cc(Cl)c1)c1ccc(NC(=S)Nc2ccc(Br)cc2)cc1. The van der Waals surface area contributed by atoms with E-state index in [4.69, 9.17) is 35.4 Å². The van der Waals surface area contributed by atoms with Gasteiger partial charge in [-0.25, -0.2) is 8.42 Å². The molecule has 0 aliphatic heterocycles. The maximum atomic E-state index is 12.6. The smallest absolute Gasteiger partial charge is 0.261 e. The molecule has 10 heteroatoms. The Balaban J connectivity index is 1.67. The highest BCUT2D eigenvalue weighted by Crippen LogP contribution is 2.25. The molecular formula is C19H14BrCl2N3O2S2. The number of anilines is 3. The summed E-state index contributed by atoms with van der Waals surface area (Å²) < 4.78 is 28.6. The molecule has 5 nitrogen and oxygen atoms in total. The Labute approximate surface area is 192 Å². The minimum Gasteiger partial charge on any atom is -0.332 e. The van der Waals surface area contributed by atoms with Gasteiger partial charge >= 0.3 is 0 Å². The number of rotatable bonds is 5. The molecule has 0 aromatic heterocycles. The Morgan fingerprint density at radius 1 is 0.793 bits per heavy atom. The summed E-state index contributed by atoms with van der Waals surface area (Å²) in [6.07, 6.45) is 0. The Morgan fingerprint density at radius 2 is 1.28 bits per heavy atom. The first-order valence-corrected chi connectivity index (χ1v) is 11.6. The van der Waals surface area contributed by atoms with Gasteiger partial charge in [0.15, 0.2) is 5.11 Å². The number of nitrogens with one attached hydrogen (secondary N) is 3. The quantitative estimate of drug-likeness (QED) is 0.334. The molecule has 3 N–H and O–H groups in total. The second kappa shape index (κ2) is 9.32. The van der Waals surface area contributed by atoms with Gasteiger partial charge in [0.25, 0.3) is 10.0 Å². The third-order valence-corrected chi connectivity index (χ3v) is 6.21. The summed E-state index contributed by atoms with van der Waals surface area (Å²) in [4.78, 5) is 0.0888. The molecule has 0 aliphatic rings. The van der Waals surface area contributed by atoms with Gasteiger partial charge in [-0.1, -0.05) is 39.1 Å². The van der Waals surface area contributed by atoms with Gasteiger partial charge in [0.1, 0.15) is 0 Å². The van der Waals surface area contributed by atoms with Crippen molar-refractivity contribution in [2.75, 3.05) is 15.4 Å². The largest absolute Gasteiger partial charge is 0.332 e. The number of hydrogen-bond acceptors (Lipinski definition) is 3. The Bertz CT molecular complexity index is 1120. The fourth-order valence-corrected chi connectivity index (χ4v) is 4.44. The predicted molar refractivity (Wildman–Crippen MR) is 128 cm³/mol. The van der Waals surface area contributed by atoms with Crippen molar-refractivity contribution in [2.45, 2.75) is 4.90 Å². The van der Waals surface area contributed by atoms with Crippen LogP contribution >= 0.6 is 51.3 Å². The fourth-order valence-electron chi connectivity index (χ4n) is 2.37. The summed E-state index contributed by atoms with van der Waals surface area (Å²) in [6.45, 7) is 0. The van der Waals surface area contributed by atoms with E-state index < -0.39 is 10.0 Å². The summed E-state index contributed by atoms with van der Waals surface area (Å²) in [7, 11) is -3.79. The van der Waals surface area contributed by atoms with E-state index in [1.807, 2.05) is 24.3 Å². The fraction of sp³-hybridized carbons (Fsp3) is 0. The highest BCUT2D eigenvalue weighted by molar-refractivity contribution is 9.10. The molecule has 150 valence electrons. The molecule has 0 bridgehead atoms. The third kappa shape index (κ3) is 6.32. The second-order valence-corrected chi connectivity index (χ2v) is 9.75. The van der Waals surface area contributed by atoms with Gasteiger partial charge < -0.3 is 10.6 Å². The van der Waals surface area contributed by atoms with Crippen molar-refractivity contribution in [1.29, 1.82) is 0 Å². The lowest BCUT2D eigenvalue weighted by Crippen LogP contribution is -2.19. The van der Waals surface area contributed by atoms with Crippen LogP contribution in [0.4, 0.5) is 17.1 Å². The van der Waals surface area contributed by atoms with Crippen molar-refractivity contribution < 1.29 is 8.42 Å². The first-order valence-electron chi connectivity index (χ1n) is 8.14. The standard InChI is InChI=1S/C19H14BrCl2N3O2S2/c20-12-1-3-15(4-2-12)23-19(28)24-16-5-7-18(8-6-16)29(26,27)25-17-10-13(21)9-14(22)11-17/h1-11,25H,(H2,23,24,28). The molecule has 3 aromatic rings. The zero-order chi connectivity index (χ0) is 21.0. The van der Waals surface area contributed by atoms with Crippen LogP contribution in [0.15, 0.2) is 76.1 Å². The van der Waals surface area contributed by atoms with E-state index in [-0.39, 0.29) is 10.6 Å². The molecule has 29 heavy (non-hydrogen) atoms. The summed E-state index contributed by atoms with van der Waals surface area (Å²) in [5.41, 5.74) is 1.75. The molecule has 0 radical (unpaired) electrons. The van der Waals surface area contributed by atoms with Crippen molar-refractivity contribution >= 4 is 83.5 Å². The molecule has 0 fully saturated rings. The highest BCUT2D eigenvalue weighted by atomic mass is 79.9. The number of hydrogen-bond donors (Lipinski definition) is 3. The van der Waals surface area contributed by atoms with Crippen molar-refractivity contribution in [3.05, 3.63) is 81.2 Å². The molecule has 0 spiro atoms. The van der Waals surface area contributed by atoms with Crippen molar-refractivity contribution in [2.24, 2.45) is 0 Å². The first kappa shape index (κ1) is 21.9. The van der Waals surface area contributed by atoms with Crippen molar-refractivity contribution in [3.8, 4) is 0 Å². The summed E-state index contributed by atoms with van der Waals surface area (Å²) in [5, 5.41) is 7.11. The number of thiocarbonyl (C=S) groups is 1. The van der Waals surface area contributed by atoms with Crippen LogP contribution in [0.25, 0.3) is 0 Å². The Kier molecular flexibility index (Phi) is 7.02. The average molecular weight is 531 g/mol. The Morgan fingerprint density at radius 3 is 1.79 bits per heavy atom. The van der Waals surface area contributed by atoms with Gasteiger partial charge in [0.2, 0.25) is 0 Å². The average Bonchev–Trinajstić information content (AvgIpc) is 2.63. The molecule has 0 saturated carbocycles. The van der Waals surface area contributed by atoms with E-state index in [1.54, 1.807) is 12.1 Å². The molecule has 0 heterocycles. The topological polar surface area (TPSA) is 70.2 Å². The Hall–Kier alpha value is -1.84. The van der Waals surface area contributed by atoms with E-state index >= 15 is 0 Å². The molecular weight excluding hydrogens is 517 g/mol. The molecule has 0 atom stereocenters. The summed E-state index contributed by atoms with van der Waals surface area (Å²) in [5.74, 6) is 0. The van der Waals surface area contributed by atoms with E-state index in [0.29, 0.717) is 20.8 Å². The monoisotopic (exact) mass is 529 g/mol. The van der Waals surface area contributed by atoms with E-state index in [2.05, 4.69) is 31.3 Å². The normalized spacial score (nSPS) is 11.0. The molecule has 0 aliphatic carbocycles. The molecule has 0 amide bonds. The summed E-state index contributed by atoms with van der Waals surface area (Å²) >= 11 is 20.5. The third-order valence-electron chi connectivity index (χ3n) is 3.64. The van der Waals surface area contributed by atoms with Crippen LogP contribution in [-0.2, 0) is 10.0 Å². The van der Waals surface area contributed by atoms with Gasteiger partial charge in [0, 0.05) is 25.9 Å². The van der Waals surface area contributed by atoms with Crippen LogP contribution in [-0.4, -0.2) is 13.5 Å². The predicted octanol–water partition coefficient (Wildman–Crippen LogP) is 6.37. The number of halogens is 3. The summed E-state index contributed by atoms with van der Waals surface area (Å²) in [6, 6.07) is 18.2. The van der Waals surface area contributed by atoms with Crippen LogP contribution < -0.4 is 15.4 Å². The maximum absolute atomic E-state index is 12.6. The maximum Gasteiger partial charge on any atom is 0.261 e. The zero-order valence-electron chi connectivity index (χ0n) is 14.6. The van der Waals surface area contributed by atoms with Crippen LogP contribution in [0.1, 0.15) is 0 Å². The minimum atomic E-state index is -3.79. The lowest BCUT2D eigenvalue weighted by molar-refractivity contribution is 0.601.